The molecule has 0 aliphatic rings. The van der Waals surface area contributed by atoms with E-state index < -0.39 is 11.8 Å². The lowest BCUT2D eigenvalue weighted by atomic mass is 10.0. The number of ether oxygens (including phenoxy) is 1. The average molecular weight is 321 g/mol. The van der Waals surface area contributed by atoms with Crippen LogP contribution >= 0.6 is 11.6 Å². The number of carbonyl (C=O) groups excluding carboxylic acids is 1. The summed E-state index contributed by atoms with van der Waals surface area (Å²) in [6.45, 7) is 0. The fourth-order valence-electron chi connectivity index (χ4n) is 1.92. The maximum atomic E-state index is 13.7. The van der Waals surface area contributed by atoms with E-state index in [2.05, 4.69) is 9.73 Å². The van der Waals surface area contributed by atoms with Crippen LogP contribution in [-0.4, -0.2) is 24.8 Å². The number of nitrogens with two attached hydrogens (primary N) is 1. The van der Waals surface area contributed by atoms with Gasteiger partial charge in [0.25, 0.3) is 0 Å². The molecule has 114 valence electrons. The quantitative estimate of drug-likeness (QED) is 0.406. The van der Waals surface area contributed by atoms with Gasteiger partial charge < -0.3 is 10.5 Å². The van der Waals surface area contributed by atoms with Gasteiger partial charge >= 0.3 is 5.97 Å². The lowest BCUT2D eigenvalue weighted by Gasteiger charge is -2.07. The minimum Gasteiger partial charge on any atom is -0.465 e. The summed E-state index contributed by atoms with van der Waals surface area (Å²) in [4.78, 5) is 15.7. The topological polar surface area (TPSA) is 64.7 Å². The second kappa shape index (κ2) is 7.04. The number of benzene rings is 2. The first-order valence-electron chi connectivity index (χ1n) is 6.42. The van der Waals surface area contributed by atoms with Gasteiger partial charge in [0.05, 0.1) is 24.2 Å². The van der Waals surface area contributed by atoms with Crippen molar-refractivity contribution in [3.63, 3.8) is 0 Å². The molecule has 0 fully saturated rings. The Bertz CT molecular complexity index is 732. The molecule has 0 atom stereocenters. The number of rotatable bonds is 4. The highest BCUT2D eigenvalue weighted by Gasteiger charge is 2.13. The zero-order valence-electron chi connectivity index (χ0n) is 11.8. The summed E-state index contributed by atoms with van der Waals surface area (Å²) in [6.07, 6.45) is 0. The number of hydrogen-bond donors (Lipinski definition) is 1. The average Bonchev–Trinajstić information content (AvgIpc) is 2.54. The summed E-state index contributed by atoms with van der Waals surface area (Å²) in [5.74, 6) is -0.919. The number of amidine groups is 1. The predicted molar refractivity (Wildman–Crippen MR) is 85.2 cm³/mol. The summed E-state index contributed by atoms with van der Waals surface area (Å²) in [5.41, 5.74) is 7.55. The van der Waals surface area contributed by atoms with Crippen LogP contribution < -0.4 is 5.73 Å². The zero-order valence-corrected chi connectivity index (χ0v) is 12.6. The minimum atomic E-state index is -0.722. The van der Waals surface area contributed by atoms with Crippen LogP contribution in [0.15, 0.2) is 47.5 Å². The van der Waals surface area contributed by atoms with Gasteiger partial charge in [0.15, 0.2) is 0 Å². The number of esters is 1. The van der Waals surface area contributed by atoms with Gasteiger partial charge in [0.2, 0.25) is 0 Å². The van der Waals surface area contributed by atoms with Crippen molar-refractivity contribution < 1.29 is 13.9 Å². The smallest absolute Gasteiger partial charge is 0.340 e. The van der Waals surface area contributed by atoms with Crippen LogP contribution in [-0.2, 0) is 4.74 Å². The van der Waals surface area contributed by atoms with Crippen molar-refractivity contribution in [1.29, 1.82) is 0 Å². The van der Waals surface area contributed by atoms with E-state index in [1.54, 1.807) is 24.3 Å². The van der Waals surface area contributed by atoms with Gasteiger partial charge in [-0.15, -0.1) is 11.6 Å². The van der Waals surface area contributed by atoms with Gasteiger partial charge in [-0.3, -0.25) is 0 Å². The van der Waals surface area contributed by atoms with Crippen LogP contribution in [0.5, 0.6) is 0 Å². The third-order valence-corrected chi connectivity index (χ3v) is 3.23. The van der Waals surface area contributed by atoms with Gasteiger partial charge in [-0.05, 0) is 35.4 Å². The molecule has 2 N–H and O–H groups in total. The van der Waals surface area contributed by atoms with Gasteiger partial charge in [-0.1, -0.05) is 18.2 Å². The first-order chi connectivity index (χ1) is 10.5. The molecule has 0 saturated heterocycles. The lowest BCUT2D eigenvalue weighted by Crippen LogP contribution is -2.12. The maximum absolute atomic E-state index is 13.7. The van der Waals surface area contributed by atoms with Gasteiger partial charge in [-0.25, -0.2) is 14.2 Å². The van der Waals surface area contributed by atoms with Crippen molar-refractivity contribution in [2.75, 3.05) is 13.0 Å². The Balaban J connectivity index is 2.44. The Morgan fingerprint density at radius 1 is 1.27 bits per heavy atom. The molecule has 0 aromatic heterocycles. The molecule has 2 aromatic carbocycles. The van der Waals surface area contributed by atoms with Crippen LogP contribution in [0, 0.1) is 5.82 Å². The third-order valence-electron chi connectivity index (χ3n) is 2.96. The van der Waals surface area contributed by atoms with E-state index in [1.165, 1.54) is 19.2 Å². The van der Waals surface area contributed by atoms with Crippen molar-refractivity contribution in [2.45, 2.75) is 0 Å². The van der Waals surface area contributed by atoms with Gasteiger partial charge in [-0.2, -0.15) is 0 Å². The Labute approximate surface area is 132 Å². The van der Waals surface area contributed by atoms with Crippen LogP contribution in [0.1, 0.15) is 10.4 Å². The van der Waals surface area contributed by atoms with Crippen molar-refractivity contribution in [3.05, 3.63) is 53.8 Å². The first kappa shape index (κ1) is 16.0. The molecule has 0 radical (unpaired) electrons. The number of aliphatic imine (C=N–C) groups is 1. The van der Waals surface area contributed by atoms with E-state index in [4.69, 9.17) is 17.3 Å². The summed E-state index contributed by atoms with van der Waals surface area (Å²) >= 11 is 5.60. The summed E-state index contributed by atoms with van der Waals surface area (Å²) in [7, 11) is 1.21. The Morgan fingerprint density at radius 2 is 2.00 bits per heavy atom. The molecule has 0 bridgehead atoms. The van der Waals surface area contributed by atoms with Gasteiger partial charge in [0, 0.05) is 0 Å². The molecular formula is C16H14ClFN2O2. The Kier molecular flexibility index (Phi) is 5.12. The van der Waals surface area contributed by atoms with Crippen molar-refractivity contribution in [2.24, 2.45) is 10.7 Å². The molecule has 4 nitrogen and oxygen atoms in total. The molecular weight excluding hydrogens is 307 g/mol. The Hall–Kier alpha value is -2.40. The molecule has 0 aliphatic carbocycles. The number of nitrogens with zero attached hydrogens (tertiary/aromatic N) is 1. The predicted octanol–water partition coefficient (Wildman–Crippen LogP) is 3.51. The third kappa shape index (κ3) is 3.62. The molecule has 0 aliphatic heterocycles. The molecule has 0 unspecified atom stereocenters. The lowest BCUT2D eigenvalue weighted by molar-refractivity contribution is 0.0595. The normalized spacial score (nSPS) is 11.3. The van der Waals surface area contributed by atoms with E-state index in [0.29, 0.717) is 17.1 Å². The van der Waals surface area contributed by atoms with Crippen molar-refractivity contribution in [3.8, 4) is 11.1 Å². The zero-order chi connectivity index (χ0) is 16.1. The van der Waals surface area contributed by atoms with Crippen LogP contribution in [0.2, 0.25) is 0 Å². The monoisotopic (exact) mass is 320 g/mol. The number of halogens is 2. The number of methoxy groups -OCH3 is 1. The van der Waals surface area contributed by atoms with E-state index in [1.807, 2.05) is 6.07 Å². The van der Waals surface area contributed by atoms with E-state index in [0.717, 1.165) is 5.56 Å². The molecule has 2 rings (SSSR count). The van der Waals surface area contributed by atoms with Gasteiger partial charge in [0.1, 0.15) is 11.7 Å². The van der Waals surface area contributed by atoms with E-state index in [-0.39, 0.29) is 11.4 Å². The summed E-state index contributed by atoms with van der Waals surface area (Å²) < 4.78 is 18.2. The highest BCUT2D eigenvalue weighted by Crippen LogP contribution is 2.26. The van der Waals surface area contributed by atoms with E-state index >= 15 is 0 Å². The molecule has 0 heterocycles. The highest BCUT2D eigenvalue weighted by atomic mass is 35.5. The molecule has 22 heavy (non-hydrogen) atoms. The number of carbonyl (C=O) groups is 1. The maximum Gasteiger partial charge on any atom is 0.340 e. The second-order valence-electron chi connectivity index (χ2n) is 4.47. The fourth-order valence-corrected chi connectivity index (χ4v) is 1.98. The minimum absolute atomic E-state index is 0.117. The number of hydrogen-bond acceptors (Lipinski definition) is 3. The van der Waals surface area contributed by atoms with Crippen LogP contribution in [0.4, 0.5) is 10.1 Å². The fraction of sp³-hybridized carbons (Fsp3) is 0.125. The molecule has 2 aromatic rings. The Morgan fingerprint density at radius 3 is 2.68 bits per heavy atom. The summed E-state index contributed by atoms with van der Waals surface area (Å²) in [5, 5.41) is 0. The molecule has 6 heteroatoms. The molecule has 0 amide bonds. The van der Waals surface area contributed by atoms with Crippen molar-refractivity contribution in [1.82, 2.24) is 0 Å². The first-order valence-corrected chi connectivity index (χ1v) is 6.96. The van der Waals surface area contributed by atoms with E-state index in [9.17, 15) is 9.18 Å². The number of alkyl halides is 1. The van der Waals surface area contributed by atoms with Crippen LogP contribution in [0.25, 0.3) is 11.1 Å². The summed E-state index contributed by atoms with van der Waals surface area (Å²) in [6, 6.07) is 11.4. The largest absolute Gasteiger partial charge is 0.465 e. The second-order valence-corrected chi connectivity index (χ2v) is 4.74. The SMILES string of the molecule is COC(=O)c1cc(-c2cccc(N=C(N)CCl)c2)ccc1F. The standard InChI is InChI=1S/C16H14ClFN2O2/c1-22-16(21)13-8-11(5-6-14(13)18)10-3-2-4-12(7-10)20-15(19)9-17/h2-8H,9H2,1H3,(H2,19,20). The molecule has 0 spiro atoms. The van der Waals surface area contributed by atoms with Crippen LogP contribution in [0.3, 0.4) is 0 Å². The molecule has 0 saturated carbocycles. The van der Waals surface area contributed by atoms with Crippen molar-refractivity contribution >= 4 is 29.1 Å². The highest BCUT2D eigenvalue weighted by molar-refractivity contribution is 6.28.